The normalized spacial score (nSPS) is 18.8. The van der Waals surface area contributed by atoms with Crippen LogP contribution in [0.25, 0.3) is 0 Å². The van der Waals surface area contributed by atoms with Gasteiger partial charge in [0.05, 0.1) is 11.6 Å². The van der Waals surface area contributed by atoms with Gasteiger partial charge in [-0.2, -0.15) is 0 Å². The van der Waals surface area contributed by atoms with Crippen LogP contribution in [0.2, 0.25) is 0 Å². The zero-order valence-electron chi connectivity index (χ0n) is 11.3. The van der Waals surface area contributed by atoms with E-state index >= 15 is 0 Å². The zero-order chi connectivity index (χ0) is 14.9. The number of amides is 2. The van der Waals surface area contributed by atoms with E-state index in [0.29, 0.717) is 0 Å². The highest BCUT2D eigenvalue weighted by Crippen LogP contribution is 2.28. The predicted octanol–water partition coefficient (Wildman–Crippen LogP) is 1.84. The lowest BCUT2D eigenvalue weighted by molar-refractivity contribution is -0.126. The quantitative estimate of drug-likeness (QED) is 0.919. The smallest absolute Gasteiger partial charge is 0.227 e. The molecule has 1 atom stereocenters. The van der Waals surface area contributed by atoms with Gasteiger partial charge in [-0.1, -0.05) is 0 Å². The van der Waals surface area contributed by atoms with Crippen LogP contribution >= 0.6 is 0 Å². The minimum absolute atomic E-state index is 0.0104. The molecule has 20 heavy (non-hydrogen) atoms. The van der Waals surface area contributed by atoms with Crippen molar-refractivity contribution in [3.05, 3.63) is 29.8 Å². The van der Waals surface area contributed by atoms with Crippen molar-refractivity contribution in [1.29, 1.82) is 0 Å². The van der Waals surface area contributed by atoms with Gasteiger partial charge in [-0.3, -0.25) is 9.59 Å². The van der Waals surface area contributed by atoms with Crippen molar-refractivity contribution >= 4 is 17.5 Å². The standard InChI is InChI=1S/C14H16F2N2O2/c1-8(2)17-14(20)9-5-13(19)18(7-9)12-4-3-10(15)6-11(12)16/h3-4,6,8-9H,5,7H2,1-2H3,(H,17,20). The summed E-state index contributed by atoms with van der Waals surface area (Å²) in [6.45, 7) is 3.76. The number of anilines is 1. The summed E-state index contributed by atoms with van der Waals surface area (Å²) < 4.78 is 26.6. The molecule has 4 nitrogen and oxygen atoms in total. The van der Waals surface area contributed by atoms with Crippen LogP contribution < -0.4 is 10.2 Å². The summed E-state index contributed by atoms with van der Waals surface area (Å²) in [4.78, 5) is 25.0. The number of halogens is 2. The maximum Gasteiger partial charge on any atom is 0.227 e. The van der Waals surface area contributed by atoms with E-state index < -0.39 is 17.6 Å². The van der Waals surface area contributed by atoms with Crippen LogP contribution in [0.5, 0.6) is 0 Å². The van der Waals surface area contributed by atoms with Crippen LogP contribution in [0.4, 0.5) is 14.5 Å². The summed E-state index contributed by atoms with van der Waals surface area (Å²) >= 11 is 0. The number of carbonyl (C=O) groups is 2. The first-order chi connectivity index (χ1) is 9.38. The molecule has 1 aliphatic rings. The Hall–Kier alpha value is -1.98. The number of hydrogen-bond acceptors (Lipinski definition) is 2. The highest BCUT2D eigenvalue weighted by Gasteiger charge is 2.36. The summed E-state index contributed by atoms with van der Waals surface area (Å²) in [5.74, 6) is -2.57. The first kappa shape index (κ1) is 14.4. The molecular weight excluding hydrogens is 266 g/mol. The number of nitrogens with one attached hydrogen (secondary N) is 1. The van der Waals surface area contributed by atoms with Crippen molar-refractivity contribution < 1.29 is 18.4 Å². The molecule has 1 unspecified atom stereocenters. The largest absolute Gasteiger partial charge is 0.354 e. The van der Waals surface area contributed by atoms with Gasteiger partial charge in [0, 0.05) is 25.1 Å². The van der Waals surface area contributed by atoms with Crippen molar-refractivity contribution in [3.63, 3.8) is 0 Å². The zero-order valence-corrected chi connectivity index (χ0v) is 11.3. The molecule has 1 fully saturated rings. The van der Waals surface area contributed by atoms with Gasteiger partial charge in [0.15, 0.2) is 0 Å². The van der Waals surface area contributed by atoms with Crippen LogP contribution in [0.15, 0.2) is 18.2 Å². The molecule has 0 spiro atoms. The SMILES string of the molecule is CC(C)NC(=O)C1CC(=O)N(c2ccc(F)cc2F)C1. The molecule has 1 aromatic rings. The van der Waals surface area contributed by atoms with E-state index in [9.17, 15) is 18.4 Å². The second-order valence-electron chi connectivity index (χ2n) is 5.16. The fourth-order valence-electron chi connectivity index (χ4n) is 2.22. The molecule has 2 rings (SSSR count). The van der Waals surface area contributed by atoms with E-state index in [-0.39, 0.29) is 36.5 Å². The van der Waals surface area contributed by atoms with Crippen LogP contribution in [-0.4, -0.2) is 24.4 Å². The highest BCUT2D eigenvalue weighted by molar-refractivity contribution is 6.00. The molecule has 0 saturated carbocycles. The molecule has 2 amide bonds. The molecule has 0 aromatic heterocycles. The topological polar surface area (TPSA) is 49.4 Å². The Kier molecular flexibility index (Phi) is 4.01. The molecule has 1 aliphatic heterocycles. The molecule has 1 heterocycles. The lowest BCUT2D eigenvalue weighted by Gasteiger charge is -2.18. The fraction of sp³-hybridized carbons (Fsp3) is 0.429. The Morgan fingerprint density at radius 3 is 2.70 bits per heavy atom. The minimum atomic E-state index is -0.803. The molecule has 1 N–H and O–H groups in total. The lowest BCUT2D eigenvalue weighted by atomic mass is 10.1. The van der Waals surface area contributed by atoms with E-state index in [1.165, 1.54) is 11.0 Å². The minimum Gasteiger partial charge on any atom is -0.354 e. The maximum absolute atomic E-state index is 13.7. The third-order valence-corrected chi connectivity index (χ3v) is 3.13. The first-order valence-electron chi connectivity index (χ1n) is 6.44. The Morgan fingerprint density at radius 1 is 1.40 bits per heavy atom. The molecule has 108 valence electrons. The predicted molar refractivity (Wildman–Crippen MR) is 70.1 cm³/mol. The summed E-state index contributed by atoms with van der Waals surface area (Å²) in [7, 11) is 0. The molecule has 0 aliphatic carbocycles. The third kappa shape index (κ3) is 2.95. The Labute approximate surface area is 115 Å². The van der Waals surface area contributed by atoms with Crippen molar-refractivity contribution in [3.8, 4) is 0 Å². The molecular formula is C14H16F2N2O2. The molecule has 0 radical (unpaired) electrons. The van der Waals surface area contributed by atoms with Gasteiger partial charge >= 0.3 is 0 Å². The van der Waals surface area contributed by atoms with E-state index in [0.717, 1.165) is 12.1 Å². The van der Waals surface area contributed by atoms with Crippen LogP contribution in [0, 0.1) is 17.6 Å². The molecule has 1 saturated heterocycles. The van der Waals surface area contributed by atoms with Gasteiger partial charge < -0.3 is 10.2 Å². The number of hydrogen-bond donors (Lipinski definition) is 1. The Balaban J connectivity index is 2.15. The summed E-state index contributed by atoms with van der Waals surface area (Å²) in [6, 6.07) is 3.01. The maximum atomic E-state index is 13.7. The summed E-state index contributed by atoms with van der Waals surface area (Å²) in [5.41, 5.74) is 0.0104. The van der Waals surface area contributed by atoms with E-state index in [1.807, 2.05) is 13.8 Å². The van der Waals surface area contributed by atoms with Crippen molar-refractivity contribution in [1.82, 2.24) is 5.32 Å². The first-order valence-corrected chi connectivity index (χ1v) is 6.44. The summed E-state index contributed by atoms with van der Waals surface area (Å²) in [6.07, 6.45) is 0.0371. The van der Waals surface area contributed by atoms with Crippen LogP contribution in [0.3, 0.4) is 0 Å². The van der Waals surface area contributed by atoms with Crippen molar-refractivity contribution in [2.75, 3.05) is 11.4 Å². The molecule has 0 bridgehead atoms. The van der Waals surface area contributed by atoms with Crippen molar-refractivity contribution in [2.24, 2.45) is 5.92 Å². The average molecular weight is 282 g/mol. The van der Waals surface area contributed by atoms with Gasteiger partial charge in [-0.05, 0) is 26.0 Å². The van der Waals surface area contributed by atoms with Gasteiger partial charge in [-0.15, -0.1) is 0 Å². The van der Waals surface area contributed by atoms with Crippen molar-refractivity contribution in [2.45, 2.75) is 26.3 Å². The van der Waals surface area contributed by atoms with Gasteiger partial charge in [0.25, 0.3) is 0 Å². The van der Waals surface area contributed by atoms with Crippen LogP contribution in [0.1, 0.15) is 20.3 Å². The summed E-state index contributed by atoms with van der Waals surface area (Å²) in [5, 5.41) is 2.73. The van der Waals surface area contributed by atoms with Gasteiger partial charge in [0.2, 0.25) is 11.8 Å². The second-order valence-corrected chi connectivity index (χ2v) is 5.16. The number of rotatable bonds is 3. The van der Waals surface area contributed by atoms with E-state index in [4.69, 9.17) is 0 Å². The number of carbonyl (C=O) groups excluding carboxylic acids is 2. The average Bonchev–Trinajstić information content (AvgIpc) is 2.70. The van der Waals surface area contributed by atoms with E-state index in [2.05, 4.69) is 5.32 Å². The van der Waals surface area contributed by atoms with Gasteiger partial charge in [-0.25, -0.2) is 8.78 Å². The fourth-order valence-corrected chi connectivity index (χ4v) is 2.22. The molecule has 1 aromatic carbocycles. The highest BCUT2D eigenvalue weighted by atomic mass is 19.1. The van der Waals surface area contributed by atoms with Crippen LogP contribution in [-0.2, 0) is 9.59 Å². The number of nitrogens with zero attached hydrogens (tertiary/aromatic N) is 1. The third-order valence-electron chi connectivity index (χ3n) is 3.13. The lowest BCUT2D eigenvalue weighted by Crippen LogP contribution is -2.37. The monoisotopic (exact) mass is 282 g/mol. The van der Waals surface area contributed by atoms with Gasteiger partial charge in [0.1, 0.15) is 11.6 Å². The van der Waals surface area contributed by atoms with E-state index in [1.54, 1.807) is 0 Å². The number of benzene rings is 1. The Morgan fingerprint density at radius 2 is 2.10 bits per heavy atom. The molecule has 6 heteroatoms. The Bertz CT molecular complexity index is 546. The second kappa shape index (κ2) is 5.56.